The third kappa shape index (κ3) is 6.44. The summed E-state index contributed by atoms with van der Waals surface area (Å²) in [4.78, 5) is 12.1. The molecule has 0 bridgehead atoms. The average molecular weight is 368 g/mol. The fourth-order valence-electron chi connectivity index (χ4n) is 2.79. The van der Waals surface area contributed by atoms with Crippen LogP contribution in [0.2, 0.25) is 0 Å². The summed E-state index contributed by atoms with van der Waals surface area (Å²) in [6.07, 6.45) is 2.01. The van der Waals surface area contributed by atoms with Crippen LogP contribution in [-0.4, -0.2) is 36.7 Å². The van der Waals surface area contributed by atoms with Crippen LogP contribution in [0.4, 0.5) is 0 Å². The van der Waals surface area contributed by atoms with Gasteiger partial charge in [0.1, 0.15) is 0 Å². The van der Waals surface area contributed by atoms with Crippen LogP contribution in [0.15, 0.2) is 66.9 Å². The number of ether oxygens (including phenoxy) is 1. The first kappa shape index (κ1) is 20.5. The van der Waals surface area contributed by atoms with E-state index in [1.165, 1.54) is 6.20 Å². The maximum Gasteiger partial charge on any atom is 0.251 e. The van der Waals surface area contributed by atoms with Crippen molar-refractivity contribution < 1.29 is 9.53 Å². The van der Waals surface area contributed by atoms with E-state index >= 15 is 0 Å². The summed E-state index contributed by atoms with van der Waals surface area (Å²) in [5.41, 5.74) is 8.09. The second-order valence-corrected chi connectivity index (χ2v) is 6.06. The maximum absolute atomic E-state index is 12.1. The number of carbonyl (C=O) groups is 1. The molecular formula is C21H28N4O2. The lowest BCUT2D eigenvalue weighted by molar-refractivity contribution is 0.0398. The predicted octanol–water partition coefficient (Wildman–Crippen LogP) is 2.34. The summed E-state index contributed by atoms with van der Waals surface area (Å²) in [5, 5.41) is 4.51. The highest BCUT2D eigenvalue weighted by Crippen LogP contribution is 2.16. The van der Waals surface area contributed by atoms with Crippen LogP contribution in [0, 0.1) is 0 Å². The van der Waals surface area contributed by atoms with Gasteiger partial charge >= 0.3 is 0 Å². The van der Waals surface area contributed by atoms with Crippen molar-refractivity contribution >= 4 is 11.6 Å². The van der Waals surface area contributed by atoms with Gasteiger partial charge in [-0.25, -0.2) is 5.84 Å². The second-order valence-electron chi connectivity index (χ2n) is 6.06. The Kier molecular flexibility index (Phi) is 8.35. The van der Waals surface area contributed by atoms with Crippen molar-refractivity contribution in [3.8, 4) is 0 Å². The lowest BCUT2D eigenvalue weighted by Crippen LogP contribution is -2.40. The fourth-order valence-corrected chi connectivity index (χ4v) is 2.79. The van der Waals surface area contributed by atoms with Crippen molar-refractivity contribution in [2.45, 2.75) is 19.4 Å². The minimum Gasteiger partial charge on any atom is -0.403 e. The van der Waals surface area contributed by atoms with Crippen LogP contribution in [-0.2, 0) is 4.74 Å². The van der Waals surface area contributed by atoms with Crippen LogP contribution in [0.1, 0.15) is 29.3 Å². The molecule has 6 nitrogen and oxygen atoms in total. The van der Waals surface area contributed by atoms with E-state index in [0.717, 1.165) is 11.3 Å². The van der Waals surface area contributed by atoms with Crippen LogP contribution >= 0.6 is 0 Å². The van der Waals surface area contributed by atoms with E-state index in [4.69, 9.17) is 16.3 Å². The molecule has 5 N–H and O–H groups in total. The Morgan fingerprint density at radius 2 is 1.70 bits per heavy atom. The summed E-state index contributed by atoms with van der Waals surface area (Å²) in [6, 6.07) is 18.9. The number of nitrogens with zero attached hydrogens (tertiary/aromatic N) is 1. The van der Waals surface area contributed by atoms with Gasteiger partial charge < -0.3 is 20.8 Å². The molecule has 2 aromatic carbocycles. The van der Waals surface area contributed by atoms with E-state index in [0.29, 0.717) is 31.7 Å². The summed E-state index contributed by atoms with van der Waals surface area (Å²) in [6.45, 7) is 3.47. The molecule has 0 aliphatic carbocycles. The number of rotatable bonds is 10. The van der Waals surface area contributed by atoms with Gasteiger partial charge in [0.25, 0.3) is 5.91 Å². The molecule has 1 atom stereocenters. The van der Waals surface area contributed by atoms with E-state index in [1.54, 1.807) is 17.1 Å². The Morgan fingerprint density at radius 3 is 2.26 bits per heavy atom. The lowest BCUT2D eigenvalue weighted by Gasteiger charge is -2.27. The monoisotopic (exact) mass is 368 g/mol. The summed E-state index contributed by atoms with van der Waals surface area (Å²) in [7, 11) is 0. The topological polar surface area (TPSA) is 93.6 Å². The van der Waals surface area contributed by atoms with Crippen molar-refractivity contribution in [2.24, 2.45) is 11.6 Å². The van der Waals surface area contributed by atoms with Gasteiger partial charge in [-0.1, -0.05) is 48.5 Å². The van der Waals surface area contributed by atoms with Crippen LogP contribution < -0.4 is 16.9 Å². The molecular weight excluding hydrogens is 340 g/mol. The Hall–Kier alpha value is -2.83. The van der Waals surface area contributed by atoms with Crippen LogP contribution in [0.3, 0.4) is 0 Å². The van der Waals surface area contributed by atoms with Crippen molar-refractivity contribution in [1.82, 2.24) is 10.3 Å². The zero-order valence-electron chi connectivity index (χ0n) is 15.7. The van der Waals surface area contributed by atoms with Crippen molar-refractivity contribution in [2.75, 3.05) is 19.7 Å². The molecule has 0 fully saturated rings. The molecule has 0 aliphatic rings. The first-order valence-corrected chi connectivity index (χ1v) is 9.10. The van der Waals surface area contributed by atoms with Gasteiger partial charge in [0.2, 0.25) is 0 Å². The molecule has 0 saturated heterocycles. The van der Waals surface area contributed by atoms with E-state index in [1.807, 2.05) is 55.5 Å². The van der Waals surface area contributed by atoms with Crippen molar-refractivity contribution in [1.29, 1.82) is 0 Å². The van der Waals surface area contributed by atoms with Gasteiger partial charge in [0.15, 0.2) is 0 Å². The largest absolute Gasteiger partial charge is 0.403 e. The predicted molar refractivity (Wildman–Crippen MR) is 108 cm³/mol. The van der Waals surface area contributed by atoms with Crippen LogP contribution in [0.25, 0.3) is 5.70 Å². The molecule has 144 valence electrons. The molecule has 2 aromatic rings. The number of hydrogen-bond donors (Lipinski definition) is 3. The number of benzene rings is 2. The highest BCUT2D eigenvalue weighted by Gasteiger charge is 2.16. The minimum absolute atomic E-state index is 0.0951. The molecule has 1 unspecified atom stereocenters. The molecule has 1 amide bonds. The molecule has 0 aromatic heterocycles. The van der Waals surface area contributed by atoms with Gasteiger partial charge in [-0.2, -0.15) is 0 Å². The number of carbonyl (C=O) groups excluding carboxylic acids is 1. The minimum atomic E-state index is -0.130. The Morgan fingerprint density at radius 1 is 1.11 bits per heavy atom. The molecule has 6 heteroatoms. The smallest absolute Gasteiger partial charge is 0.251 e. The van der Waals surface area contributed by atoms with Crippen LogP contribution in [0.5, 0.6) is 0 Å². The number of hydrazine groups is 1. The standard InChI is InChI=1S/C21H28N4O2/c1-2-27-19(13-14-24-21(26)18-11-7-4-8-12-18)16-25(23)20(15-22)17-9-5-3-6-10-17/h3-12,15,19H,2,13-14,16,22-23H2,1H3,(H,24,26)/b20-15-. The molecule has 0 spiro atoms. The number of amides is 1. The fraction of sp³-hybridized carbons (Fsp3) is 0.286. The summed E-state index contributed by atoms with van der Waals surface area (Å²) < 4.78 is 5.79. The molecule has 2 rings (SSSR count). The molecule has 0 heterocycles. The SMILES string of the molecule is CCOC(CCNC(=O)c1ccccc1)CN(N)/C(=C\N)c1ccccc1. The Labute approximate surface area is 160 Å². The average Bonchev–Trinajstić information content (AvgIpc) is 2.70. The molecule has 27 heavy (non-hydrogen) atoms. The summed E-state index contributed by atoms with van der Waals surface area (Å²) in [5.74, 6) is 6.14. The van der Waals surface area contributed by atoms with Gasteiger partial charge in [-0.05, 0) is 25.5 Å². The Balaban J connectivity index is 1.89. The highest BCUT2D eigenvalue weighted by molar-refractivity contribution is 5.94. The van der Waals surface area contributed by atoms with Crippen molar-refractivity contribution in [3.63, 3.8) is 0 Å². The number of nitrogens with one attached hydrogen (secondary N) is 1. The van der Waals surface area contributed by atoms with E-state index < -0.39 is 0 Å². The van der Waals surface area contributed by atoms with Crippen molar-refractivity contribution in [3.05, 3.63) is 78.0 Å². The zero-order valence-corrected chi connectivity index (χ0v) is 15.7. The van der Waals surface area contributed by atoms with Gasteiger partial charge in [0, 0.05) is 30.5 Å². The van der Waals surface area contributed by atoms with E-state index in [9.17, 15) is 4.79 Å². The van der Waals surface area contributed by atoms with Gasteiger partial charge in [-0.3, -0.25) is 4.79 Å². The molecule has 0 aliphatic heterocycles. The third-order valence-corrected chi connectivity index (χ3v) is 4.13. The van der Waals surface area contributed by atoms with E-state index in [-0.39, 0.29) is 12.0 Å². The first-order chi connectivity index (χ1) is 13.2. The quantitative estimate of drug-likeness (QED) is 0.442. The zero-order chi connectivity index (χ0) is 19.5. The molecule has 0 radical (unpaired) electrons. The van der Waals surface area contributed by atoms with Gasteiger partial charge in [0.05, 0.1) is 18.3 Å². The number of hydrogen-bond acceptors (Lipinski definition) is 5. The van der Waals surface area contributed by atoms with E-state index in [2.05, 4.69) is 5.32 Å². The van der Waals surface area contributed by atoms with Gasteiger partial charge in [-0.15, -0.1) is 0 Å². The molecule has 0 saturated carbocycles. The summed E-state index contributed by atoms with van der Waals surface area (Å²) >= 11 is 0. The highest BCUT2D eigenvalue weighted by atomic mass is 16.5. The maximum atomic E-state index is 12.1. The second kappa shape index (κ2) is 11.0. The first-order valence-electron chi connectivity index (χ1n) is 9.10. The number of nitrogens with two attached hydrogens (primary N) is 2. The Bertz CT molecular complexity index is 719. The lowest BCUT2D eigenvalue weighted by atomic mass is 10.1. The normalized spacial score (nSPS) is 12.4. The third-order valence-electron chi connectivity index (χ3n) is 4.13.